The number of benzene rings is 1. The Balaban J connectivity index is 0.00000312. The van der Waals surface area contributed by atoms with Gasteiger partial charge in [0, 0.05) is 24.8 Å². The predicted octanol–water partition coefficient (Wildman–Crippen LogP) is 3.32. The molecule has 0 saturated carbocycles. The largest absolute Gasteiger partial charge is 0.354 e. The number of nitrogens with one attached hydrogen (secondary N) is 2. The van der Waals surface area contributed by atoms with Crippen LogP contribution in [0.4, 0.5) is 0 Å². The van der Waals surface area contributed by atoms with Crippen molar-refractivity contribution in [2.75, 3.05) is 27.7 Å². The number of aromatic nitrogens is 1. The van der Waals surface area contributed by atoms with Crippen LogP contribution in [0.2, 0.25) is 5.02 Å². The van der Waals surface area contributed by atoms with Crippen LogP contribution in [0, 0.1) is 0 Å². The molecule has 0 aliphatic carbocycles. The van der Waals surface area contributed by atoms with Crippen LogP contribution in [-0.2, 0) is 6.54 Å². The standard InChI is InChI=1S/C18H24ClN5.HI/c1-20-18(22-12-16-6-4-5-11-21-16)23-13-17(24(2)3)14-7-9-15(19)10-8-14;/h4-11,17H,12-13H2,1-3H3,(H2,20,22,23);1H. The first-order chi connectivity index (χ1) is 11.6. The Morgan fingerprint density at radius 3 is 2.44 bits per heavy atom. The molecule has 7 heteroatoms. The zero-order chi connectivity index (χ0) is 17.4. The molecule has 0 radical (unpaired) electrons. The van der Waals surface area contributed by atoms with E-state index in [0.717, 1.165) is 23.2 Å². The molecule has 2 N–H and O–H groups in total. The molecule has 0 amide bonds. The zero-order valence-electron chi connectivity index (χ0n) is 14.7. The molecule has 0 saturated heterocycles. The van der Waals surface area contributed by atoms with Crippen molar-refractivity contribution in [2.24, 2.45) is 4.99 Å². The average molecular weight is 474 g/mol. The highest BCUT2D eigenvalue weighted by atomic mass is 127. The normalized spacial score (nSPS) is 12.4. The number of likely N-dealkylation sites (N-methyl/N-ethyl adjacent to an activating group) is 1. The third-order valence-corrected chi connectivity index (χ3v) is 3.98. The van der Waals surface area contributed by atoms with Crippen LogP contribution in [0.5, 0.6) is 0 Å². The molecule has 1 aromatic heterocycles. The van der Waals surface area contributed by atoms with Crippen molar-refractivity contribution in [2.45, 2.75) is 12.6 Å². The van der Waals surface area contributed by atoms with Crippen LogP contribution in [0.3, 0.4) is 0 Å². The second-order valence-electron chi connectivity index (χ2n) is 5.66. The first-order valence-corrected chi connectivity index (χ1v) is 8.24. The Kier molecular flexibility index (Phi) is 9.77. The molecule has 0 aliphatic rings. The van der Waals surface area contributed by atoms with Crippen molar-refractivity contribution in [3.8, 4) is 0 Å². The fourth-order valence-electron chi connectivity index (χ4n) is 2.37. The van der Waals surface area contributed by atoms with E-state index < -0.39 is 0 Å². The Morgan fingerprint density at radius 1 is 1.16 bits per heavy atom. The fourth-order valence-corrected chi connectivity index (χ4v) is 2.50. The fraction of sp³-hybridized carbons (Fsp3) is 0.333. The maximum atomic E-state index is 5.98. The van der Waals surface area contributed by atoms with Crippen molar-refractivity contribution in [1.82, 2.24) is 20.5 Å². The molecule has 5 nitrogen and oxygen atoms in total. The van der Waals surface area contributed by atoms with E-state index in [4.69, 9.17) is 11.6 Å². The molecule has 1 aromatic carbocycles. The predicted molar refractivity (Wildman–Crippen MR) is 116 cm³/mol. The quantitative estimate of drug-likeness (QED) is 0.384. The van der Waals surface area contributed by atoms with Gasteiger partial charge in [-0.05, 0) is 43.9 Å². The number of rotatable bonds is 6. The highest BCUT2D eigenvalue weighted by molar-refractivity contribution is 14.0. The summed E-state index contributed by atoms with van der Waals surface area (Å²) >= 11 is 5.98. The first-order valence-electron chi connectivity index (χ1n) is 7.86. The van der Waals surface area contributed by atoms with Crippen molar-refractivity contribution in [1.29, 1.82) is 0 Å². The maximum Gasteiger partial charge on any atom is 0.191 e. The molecule has 0 fully saturated rings. The van der Waals surface area contributed by atoms with E-state index in [-0.39, 0.29) is 30.0 Å². The van der Waals surface area contributed by atoms with Gasteiger partial charge in [0.15, 0.2) is 5.96 Å². The van der Waals surface area contributed by atoms with Crippen molar-refractivity contribution >= 4 is 41.5 Å². The molecule has 0 aliphatic heterocycles. The number of hydrogen-bond donors (Lipinski definition) is 2. The lowest BCUT2D eigenvalue weighted by Gasteiger charge is -2.26. The molecule has 1 unspecified atom stereocenters. The van der Waals surface area contributed by atoms with Crippen LogP contribution in [0.1, 0.15) is 17.3 Å². The molecule has 1 atom stereocenters. The van der Waals surface area contributed by atoms with Gasteiger partial charge in [0.25, 0.3) is 0 Å². The molecular weight excluding hydrogens is 449 g/mol. The summed E-state index contributed by atoms with van der Waals surface area (Å²) in [5.74, 6) is 0.751. The van der Waals surface area contributed by atoms with Gasteiger partial charge >= 0.3 is 0 Å². The Morgan fingerprint density at radius 2 is 1.88 bits per heavy atom. The molecule has 0 bridgehead atoms. The minimum atomic E-state index is 0. The average Bonchev–Trinajstić information content (AvgIpc) is 2.60. The summed E-state index contributed by atoms with van der Waals surface area (Å²) in [6.07, 6.45) is 1.79. The van der Waals surface area contributed by atoms with E-state index in [9.17, 15) is 0 Å². The lowest BCUT2D eigenvalue weighted by atomic mass is 10.1. The number of nitrogens with zero attached hydrogens (tertiary/aromatic N) is 3. The first kappa shape index (κ1) is 21.7. The third-order valence-electron chi connectivity index (χ3n) is 3.73. The molecule has 2 aromatic rings. The van der Waals surface area contributed by atoms with Gasteiger partial charge in [-0.15, -0.1) is 24.0 Å². The number of guanidine groups is 1. The van der Waals surface area contributed by atoms with Crippen LogP contribution in [0.15, 0.2) is 53.7 Å². The van der Waals surface area contributed by atoms with Crippen molar-refractivity contribution in [3.05, 3.63) is 64.9 Å². The van der Waals surface area contributed by atoms with Gasteiger partial charge in [-0.1, -0.05) is 29.8 Å². The summed E-state index contributed by atoms with van der Waals surface area (Å²) in [6.45, 7) is 1.37. The molecule has 0 spiro atoms. The van der Waals surface area contributed by atoms with Crippen LogP contribution < -0.4 is 10.6 Å². The Hall–Kier alpha value is -1.38. The Bertz CT molecular complexity index is 646. The van der Waals surface area contributed by atoms with Gasteiger partial charge in [-0.25, -0.2) is 0 Å². The smallest absolute Gasteiger partial charge is 0.191 e. The molecule has 1 heterocycles. The minimum Gasteiger partial charge on any atom is -0.354 e. The molecule has 2 rings (SSSR count). The summed E-state index contributed by atoms with van der Waals surface area (Å²) < 4.78 is 0. The van der Waals surface area contributed by atoms with E-state index >= 15 is 0 Å². The SMILES string of the molecule is CN=C(NCc1ccccn1)NCC(c1ccc(Cl)cc1)N(C)C.I. The summed E-state index contributed by atoms with van der Waals surface area (Å²) in [7, 11) is 5.89. The minimum absolute atomic E-state index is 0. The lowest BCUT2D eigenvalue weighted by Crippen LogP contribution is -2.41. The van der Waals surface area contributed by atoms with E-state index in [2.05, 4.69) is 51.7 Å². The maximum absolute atomic E-state index is 5.98. The molecular formula is C18H25ClIN5. The second kappa shape index (κ2) is 11.3. The van der Waals surface area contributed by atoms with Crippen LogP contribution in [-0.4, -0.2) is 43.5 Å². The summed E-state index contributed by atoms with van der Waals surface area (Å²) in [4.78, 5) is 10.7. The zero-order valence-corrected chi connectivity index (χ0v) is 17.8. The van der Waals surface area contributed by atoms with E-state index in [1.807, 2.05) is 30.3 Å². The number of pyridine rings is 1. The van der Waals surface area contributed by atoms with Gasteiger partial charge in [-0.2, -0.15) is 0 Å². The summed E-state index contributed by atoms with van der Waals surface area (Å²) in [5, 5.41) is 7.40. The van der Waals surface area contributed by atoms with Gasteiger partial charge < -0.3 is 15.5 Å². The number of halogens is 2. The van der Waals surface area contributed by atoms with E-state index in [0.29, 0.717) is 6.54 Å². The van der Waals surface area contributed by atoms with E-state index in [1.54, 1.807) is 13.2 Å². The van der Waals surface area contributed by atoms with Crippen molar-refractivity contribution in [3.63, 3.8) is 0 Å². The van der Waals surface area contributed by atoms with Gasteiger partial charge in [0.05, 0.1) is 18.3 Å². The molecule has 136 valence electrons. The number of aliphatic imine (C=N–C) groups is 1. The van der Waals surface area contributed by atoms with Gasteiger partial charge in [0.2, 0.25) is 0 Å². The van der Waals surface area contributed by atoms with E-state index in [1.165, 1.54) is 5.56 Å². The van der Waals surface area contributed by atoms with Crippen LogP contribution in [0.25, 0.3) is 0 Å². The van der Waals surface area contributed by atoms with Gasteiger partial charge in [-0.3, -0.25) is 9.98 Å². The van der Waals surface area contributed by atoms with Gasteiger partial charge in [0.1, 0.15) is 0 Å². The molecule has 25 heavy (non-hydrogen) atoms. The summed E-state index contributed by atoms with van der Waals surface area (Å²) in [6, 6.07) is 14.0. The highest BCUT2D eigenvalue weighted by Gasteiger charge is 2.14. The van der Waals surface area contributed by atoms with Crippen molar-refractivity contribution < 1.29 is 0 Å². The topological polar surface area (TPSA) is 52.6 Å². The lowest BCUT2D eigenvalue weighted by molar-refractivity contribution is 0.298. The monoisotopic (exact) mass is 473 g/mol. The third kappa shape index (κ3) is 7.17. The van der Waals surface area contributed by atoms with Crippen LogP contribution >= 0.6 is 35.6 Å². The second-order valence-corrected chi connectivity index (χ2v) is 6.10. The Labute approximate surface area is 171 Å². The highest BCUT2D eigenvalue weighted by Crippen LogP contribution is 2.19. The number of hydrogen-bond acceptors (Lipinski definition) is 3. The summed E-state index contributed by atoms with van der Waals surface area (Å²) in [5.41, 5.74) is 2.18.